The van der Waals surface area contributed by atoms with Crippen molar-refractivity contribution in [3.63, 3.8) is 0 Å². The Morgan fingerprint density at radius 1 is 1.00 bits per heavy atom. The predicted octanol–water partition coefficient (Wildman–Crippen LogP) is 0.802. The Balaban J connectivity index is 3.41. The number of hydrogen-bond acceptors (Lipinski definition) is 4. The van der Waals surface area contributed by atoms with Crippen molar-refractivity contribution in [3.8, 4) is 0 Å². The van der Waals surface area contributed by atoms with E-state index in [0.717, 1.165) is 9.77 Å². The van der Waals surface area contributed by atoms with Crippen LogP contribution in [0, 0.1) is 21.1 Å². The van der Waals surface area contributed by atoms with Crippen molar-refractivity contribution in [1.29, 1.82) is 0 Å². The van der Waals surface area contributed by atoms with E-state index in [1.165, 1.54) is 0 Å². The van der Waals surface area contributed by atoms with Gasteiger partial charge in [-0.3, -0.25) is 0 Å². The van der Waals surface area contributed by atoms with Gasteiger partial charge in [0.1, 0.15) is 14.5 Å². The lowest BCUT2D eigenvalue weighted by Gasteiger charge is -2.30. The lowest BCUT2D eigenvalue weighted by molar-refractivity contribution is -1.91. The fourth-order valence-corrected chi connectivity index (χ4v) is 4.58. The summed E-state index contributed by atoms with van der Waals surface area (Å²) in [7, 11) is -5.61. The predicted molar refractivity (Wildman–Crippen MR) is 69.8 cm³/mol. The molecule has 1 atom stereocenters. The minimum absolute atomic E-state index is 0.273. The zero-order chi connectivity index (χ0) is 15.1. The van der Waals surface area contributed by atoms with E-state index in [0.29, 0.717) is 0 Å². The number of rotatable bonds is 2. The normalized spacial score (nSPS) is 21.6. The molecule has 6 heteroatoms. The van der Waals surface area contributed by atoms with Crippen LogP contribution in [0.5, 0.6) is 0 Å². The van der Waals surface area contributed by atoms with Crippen LogP contribution in [0.2, 0.25) is 0 Å². The highest BCUT2D eigenvalue weighted by molar-refractivity contribution is 8.15. The summed E-state index contributed by atoms with van der Waals surface area (Å²) < 4.78 is 37.8. The van der Waals surface area contributed by atoms with Gasteiger partial charge in [-0.25, -0.2) is 0 Å². The summed E-state index contributed by atoms with van der Waals surface area (Å²) in [6.45, 7) is 11.8. The average molecular weight is 309 g/mol. The Morgan fingerprint density at radius 3 is 1.89 bits per heavy atom. The van der Waals surface area contributed by atoms with Crippen LogP contribution in [0.15, 0.2) is 23.1 Å². The molecule has 4 nitrogen and oxygen atoms in total. The van der Waals surface area contributed by atoms with E-state index in [2.05, 4.69) is 0 Å². The second kappa shape index (κ2) is 5.31. The first-order valence-electron chi connectivity index (χ1n) is 5.94. The van der Waals surface area contributed by atoms with Crippen LogP contribution < -0.4 is 14.0 Å². The molecule has 0 saturated carbocycles. The van der Waals surface area contributed by atoms with Crippen LogP contribution in [-0.4, -0.2) is 4.86 Å². The Hall–Kier alpha value is -0.170. The van der Waals surface area contributed by atoms with Crippen molar-refractivity contribution in [2.24, 2.45) is 10.8 Å². The molecule has 110 valence electrons. The summed E-state index contributed by atoms with van der Waals surface area (Å²) in [4.78, 5) is 1.62. The maximum Gasteiger partial charge on any atom is 0.141 e. The van der Waals surface area contributed by atoms with Gasteiger partial charge in [0.05, 0.1) is 10.2 Å². The molecule has 0 aromatic heterocycles. The molecule has 0 fully saturated rings. The molecule has 0 N–H and O–H groups in total. The van der Waals surface area contributed by atoms with Gasteiger partial charge in [0, 0.05) is 9.77 Å². The molecule has 1 rings (SSSR count). The molecule has 1 aliphatic heterocycles. The van der Waals surface area contributed by atoms with Crippen LogP contribution in [0.25, 0.3) is 0 Å². The Labute approximate surface area is 119 Å². The van der Waals surface area contributed by atoms with E-state index < -0.39 is 21.0 Å². The molecule has 0 radical (unpaired) electrons. The molecule has 0 amide bonds. The molecule has 0 saturated heterocycles. The van der Waals surface area contributed by atoms with Gasteiger partial charge in [0.15, 0.2) is 0 Å². The van der Waals surface area contributed by atoms with Crippen molar-refractivity contribution in [1.82, 2.24) is 0 Å². The van der Waals surface area contributed by atoms with Gasteiger partial charge < -0.3 is 0 Å². The number of hydrogen-bond donors (Lipinski definition) is 0. The summed E-state index contributed by atoms with van der Waals surface area (Å²) in [6.07, 6.45) is 5.54. The third-order valence-electron chi connectivity index (χ3n) is 2.51. The molecular formula is C13H21ClO4S. The number of allylic oxidation sites excluding steroid dienone is 4. The Kier molecular flexibility index (Phi) is 4.72. The van der Waals surface area contributed by atoms with E-state index in [4.69, 9.17) is 3.74 Å². The second-order valence-corrected chi connectivity index (χ2v) is 9.14. The molecule has 0 aliphatic carbocycles. The monoisotopic (exact) mass is 308 g/mol. The zero-order valence-electron chi connectivity index (χ0n) is 12.2. The van der Waals surface area contributed by atoms with Crippen LogP contribution in [0.1, 0.15) is 41.5 Å². The van der Waals surface area contributed by atoms with Crippen molar-refractivity contribution in [2.75, 3.05) is 0 Å². The van der Waals surface area contributed by atoms with Gasteiger partial charge in [-0.15, -0.1) is 0 Å². The topological polar surface area (TPSA) is 78.4 Å². The van der Waals surface area contributed by atoms with Crippen molar-refractivity contribution in [3.05, 3.63) is 23.1 Å². The van der Waals surface area contributed by atoms with E-state index in [1.807, 2.05) is 59.8 Å². The molecule has 0 bridgehead atoms. The van der Waals surface area contributed by atoms with E-state index in [9.17, 15) is 14.0 Å². The molecule has 1 heterocycles. The standard InChI is InChI=1S/C13H21ClO4S/c1-12(2,3)10-8-7-9-11(13(4,5)6)19(10)18-14(15,16)17/h7-9H,1-6H3. The summed E-state index contributed by atoms with van der Waals surface area (Å²) in [5, 5.41) is 0. The van der Waals surface area contributed by atoms with E-state index in [-0.39, 0.29) is 10.8 Å². The van der Waals surface area contributed by atoms with Crippen LogP contribution in [0.4, 0.5) is 0 Å². The molecule has 1 unspecified atom stereocenters. The van der Waals surface area contributed by atoms with Gasteiger partial charge in [-0.2, -0.15) is 14.0 Å². The van der Waals surface area contributed by atoms with Crippen molar-refractivity contribution >= 4 is 15.6 Å². The second-order valence-electron chi connectivity index (χ2n) is 6.46. The van der Waals surface area contributed by atoms with Gasteiger partial charge in [-0.05, 0) is 23.0 Å². The van der Waals surface area contributed by atoms with E-state index in [1.54, 1.807) is 0 Å². The molecule has 0 aromatic carbocycles. The molecule has 1 aliphatic rings. The highest BCUT2D eigenvalue weighted by atomic mass is 35.7. The Morgan fingerprint density at radius 2 is 1.53 bits per heavy atom. The fourth-order valence-electron chi connectivity index (χ4n) is 1.67. The van der Waals surface area contributed by atoms with Crippen molar-refractivity contribution < 1.29 is 28.0 Å². The quantitative estimate of drug-likeness (QED) is 0.707. The van der Waals surface area contributed by atoms with Crippen molar-refractivity contribution in [2.45, 2.75) is 41.5 Å². The van der Waals surface area contributed by atoms with Gasteiger partial charge >= 0.3 is 0 Å². The van der Waals surface area contributed by atoms with Gasteiger partial charge in [0.25, 0.3) is 0 Å². The summed E-state index contributed by atoms with van der Waals surface area (Å²) >= 11 is 0. The smallest absolute Gasteiger partial charge is 0.141 e. The zero-order valence-corrected chi connectivity index (χ0v) is 13.7. The molecular weight excluding hydrogens is 288 g/mol. The molecule has 0 aromatic rings. The highest BCUT2D eigenvalue weighted by Crippen LogP contribution is 2.46. The lowest BCUT2D eigenvalue weighted by atomic mass is 9.91. The summed E-state index contributed by atoms with van der Waals surface area (Å²) in [5.74, 6) is 0. The van der Waals surface area contributed by atoms with Gasteiger partial charge in [-0.1, -0.05) is 47.6 Å². The number of halogens is 1. The third-order valence-corrected chi connectivity index (χ3v) is 5.93. The third kappa shape index (κ3) is 4.70. The average Bonchev–Trinajstić information content (AvgIpc) is 2.11. The largest absolute Gasteiger partial charge is 0.182 e. The first-order valence-corrected chi connectivity index (χ1v) is 8.32. The van der Waals surface area contributed by atoms with Crippen LogP contribution >= 0.6 is 10.8 Å². The minimum Gasteiger partial charge on any atom is -0.182 e. The van der Waals surface area contributed by atoms with Crippen LogP contribution in [-0.2, 0) is 3.74 Å². The molecule has 19 heavy (non-hydrogen) atoms. The van der Waals surface area contributed by atoms with E-state index >= 15 is 0 Å². The fraction of sp³-hybridized carbons (Fsp3) is 0.615. The SMILES string of the molecule is CC(C)(C)C1=CC=CC(C(C)(C)C)=S1O[Cl+3]([O-])([O-])[O-]. The maximum absolute atomic E-state index is 11.0. The van der Waals surface area contributed by atoms with Crippen LogP contribution in [0.3, 0.4) is 0 Å². The lowest BCUT2D eigenvalue weighted by Crippen LogP contribution is -2.60. The maximum atomic E-state index is 11.0. The minimum atomic E-state index is -4.46. The summed E-state index contributed by atoms with van der Waals surface area (Å²) in [5.41, 5.74) is -0.546. The first kappa shape index (κ1) is 16.9. The first-order chi connectivity index (χ1) is 8.32. The highest BCUT2D eigenvalue weighted by Gasteiger charge is 2.37. The summed E-state index contributed by atoms with van der Waals surface area (Å²) in [6, 6.07) is 0. The van der Waals surface area contributed by atoms with Gasteiger partial charge in [0.2, 0.25) is 0 Å². The molecule has 0 spiro atoms. The Bertz CT molecular complexity index is 445.